The fourth-order valence-corrected chi connectivity index (χ4v) is 1.80. The van der Waals surface area contributed by atoms with Gasteiger partial charge in [-0.1, -0.05) is 23.7 Å². The molecule has 14 heavy (non-hydrogen) atoms. The lowest BCUT2D eigenvalue weighted by Gasteiger charge is -2.00. The fourth-order valence-electron chi connectivity index (χ4n) is 1.13. The van der Waals surface area contributed by atoms with Gasteiger partial charge in [-0.15, -0.1) is 0 Å². The highest BCUT2D eigenvalue weighted by molar-refractivity contribution is 7.89. The first-order chi connectivity index (χ1) is 6.47. The molecule has 0 radical (unpaired) electrons. The molecule has 0 bridgehead atoms. The summed E-state index contributed by atoms with van der Waals surface area (Å²) < 4.78 is 21.3. The van der Waals surface area contributed by atoms with Gasteiger partial charge in [0.15, 0.2) is 0 Å². The predicted molar refractivity (Wildman–Crippen MR) is 57.7 cm³/mol. The van der Waals surface area contributed by atoms with Crippen LogP contribution in [0, 0.1) is 0 Å². The zero-order chi connectivity index (χ0) is 10.6. The molecule has 2 N–H and O–H groups in total. The smallest absolute Gasteiger partial charge is 0.209 e. The molecule has 5 heteroatoms. The number of primary sulfonamides is 1. The number of sulfonamides is 1. The monoisotopic (exact) mass is 233 g/mol. The molecule has 0 aromatic heterocycles. The number of nitrogens with two attached hydrogens (primary N) is 1. The molecule has 0 unspecified atom stereocenters. The number of benzene rings is 1. The Morgan fingerprint density at radius 1 is 1.21 bits per heavy atom. The molecule has 0 fully saturated rings. The third-order valence-corrected chi connectivity index (χ3v) is 2.92. The quantitative estimate of drug-likeness (QED) is 0.858. The van der Waals surface area contributed by atoms with E-state index in [1.54, 1.807) is 12.1 Å². The zero-order valence-electron chi connectivity index (χ0n) is 7.61. The van der Waals surface area contributed by atoms with Crippen molar-refractivity contribution in [2.45, 2.75) is 12.8 Å². The summed E-state index contributed by atoms with van der Waals surface area (Å²) in [6.45, 7) is 0. The largest absolute Gasteiger partial charge is 0.229 e. The van der Waals surface area contributed by atoms with Gasteiger partial charge < -0.3 is 0 Å². The maximum absolute atomic E-state index is 10.6. The molecule has 78 valence electrons. The molecule has 0 heterocycles. The van der Waals surface area contributed by atoms with E-state index in [2.05, 4.69) is 0 Å². The van der Waals surface area contributed by atoms with Gasteiger partial charge in [0.25, 0.3) is 0 Å². The summed E-state index contributed by atoms with van der Waals surface area (Å²) in [6, 6.07) is 7.33. The van der Waals surface area contributed by atoms with Gasteiger partial charge in [-0.2, -0.15) is 0 Å². The van der Waals surface area contributed by atoms with E-state index in [9.17, 15) is 8.42 Å². The topological polar surface area (TPSA) is 60.2 Å². The van der Waals surface area contributed by atoms with E-state index in [4.69, 9.17) is 16.7 Å². The Morgan fingerprint density at radius 3 is 2.29 bits per heavy atom. The third kappa shape index (κ3) is 4.60. The van der Waals surface area contributed by atoms with Crippen molar-refractivity contribution in [3.05, 3.63) is 34.9 Å². The van der Waals surface area contributed by atoms with E-state index in [1.165, 1.54) is 0 Å². The van der Waals surface area contributed by atoms with E-state index < -0.39 is 10.0 Å². The Balaban J connectivity index is 2.43. The first kappa shape index (κ1) is 11.5. The van der Waals surface area contributed by atoms with Crippen LogP contribution in [0.1, 0.15) is 12.0 Å². The van der Waals surface area contributed by atoms with Gasteiger partial charge in [0, 0.05) is 5.02 Å². The van der Waals surface area contributed by atoms with Crippen molar-refractivity contribution in [1.82, 2.24) is 0 Å². The second-order valence-electron chi connectivity index (χ2n) is 3.10. The minimum atomic E-state index is -3.33. The zero-order valence-corrected chi connectivity index (χ0v) is 9.18. The van der Waals surface area contributed by atoms with E-state index in [0.717, 1.165) is 5.56 Å². The Kier molecular flexibility index (Phi) is 3.92. The van der Waals surface area contributed by atoms with Gasteiger partial charge in [-0.25, -0.2) is 13.6 Å². The molecule has 0 aliphatic rings. The van der Waals surface area contributed by atoms with Crippen molar-refractivity contribution >= 4 is 21.6 Å². The molecular weight excluding hydrogens is 222 g/mol. The molecule has 0 atom stereocenters. The van der Waals surface area contributed by atoms with Gasteiger partial charge in [0.05, 0.1) is 5.75 Å². The highest BCUT2D eigenvalue weighted by Gasteiger charge is 2.02. The van der Waals surface area contributed by atoms with Crippen molar-refractivity contribution in [2.24, 2.45) is 5.14 Å². The van der Waals surface area contributed by atoms with E-state index in [0.29, 0.717) is 17.9 Å². The minimum Gasteiger partial charge on any atom is -0.229 e. The van der Waals surface area contributed by atoms with E-state index in [1.807, 2.05) is 12.1 Å². The van der Waals surface area contributed by atoms with Crippen molar-refractivity contribution in [1.29, 1.82) is 0 Å². The predicted octanol–water partition coefficient (Wildman–Crippen LogP) is 1.56. The minimum absolute atomic E-state index is 0.0234. The number of aryl methyl sites for hydroxylation is 1. The van der Waals surface area contributed by atoms with Gasteiger partial charge in [0.2, 0.25) is 10.0 Å². The van der Waals surface area contributed by atoms with Crippen LogP contribution in [0.4, 0.5) is 0 Å². The molecule has 0 amide bonds. The lowest BCUT2D eigenvalue weighted by molar-refractivity contribution is 0.595. The summed E-state index contributed by atoms with van der Waals surface area (Å²) >= 11 is 5.70. The van der Waals surface area contributed by atoms with Gasteiger partial charge >= 0.3 is 0 Å². The molecule has 0 saturated heterocycles. The SMILES string of the molecule is NS(=O)(=O)CCCc1ccc(Cl)cc1. The number of hydrogen-bond acceptors (Lipinski definition) is 2. The van der Waals surface area contributed by atoms with Crippen molar-refractivity contribution in [3.8, 4) is 0 Å². The van der Waals surface area contributed by atoms with E-state index >= 15 is 0 Å². The first-order valence-electron chi connectivity index (χ1n) is 4.22. The third-order valence-electron chi connectivity index (χ3n) is 1.81. The van der Waals surface area contributed by atoms with Crippen LogP contribution in [0.2, 0.25) is 5.02 Å². The number of hydrogen-bond donors (Lipinski definition) is 1. The molecule has 3 nitrogen and oxygen atoms in total. The number of halogens is 1. The first-order valence-corrected chi connectivity index (χ1v) is 6.31. The molecule has 1 rings (SSSR count). The van der Waals surface area contributed by atoms with Gasteiger partial charge in [0.1, 0.15) is 0 Å². The molecule has 0 saturated carbocycles. The van der Waals surface area contributed by atoms with Gasteiger partial charge in [-0.05, 0) is 30.5 Å². The van der Waals surface area contributed by atoms with Crippen molar-refractivity contribution in [2.75, 3.05) is 5.75 Å². The average molecular weight is 234 g/mol. The van der Waals surface area contributed by atoms with Crippen molar-refractivity contribution in [3.63, 3.8) is 0 Å². The van der Waals surface area contributed by atoms with Crippen LogP contribution >= 0.6 is 11.6 Å². The molecule has 0 spiro atoms. The summed E-state index contributed by atoms with van der Waals surface area (Å²) in [5, 5.41) is 5.56. The lowest BCUT2D eigenvalue weighted by Crippen LogP contribution is -2.16. The maximum Gasteiger partial charge on any atom is 0.209 e. The standard InChI is InChI=1S/C9H12ClNO2S/c10-9-5-3-8(4-6-9)2-1-7-14(11,12)13/h3-6H,1-2,7H2,(H2,11,12,13). The normalized spacial score (nSPS) is 11.6. The van der Waals surface area contributed by atoms with Crippen LogP contribution in [-0.2, 0) is 16.4 Å². The second-order valence-corrected chi connectivity index (χ2v) is 5.27. The summed E-state index contributed by atoms with van der Waals surface area (Å²) in [7, 11) is -3.33. The molecule has 1 aromatic rings. The lowest BCUT2D eigenvalue weighted by atomic mass is 10.1. The molecule has 0 aliphatic heterocycles. The Labute approximate surface area is 88.9 Å². The molecule has 0 aliphatic carbocycles. The average Bonchev–Trinajstić information content (AvgIpc) is 2.06. The summed E-state index contributed by atoms with van der Waals surface area (Å²) in [4.78, 5) is 0. The van der Waals surface area contributed by atoms with Crippen LogP contribution < -0.4 is 5.14 Å². The van der Waals surface area contributed by atoms with Gasteiger partial charge in [-0.3, -0.25) is 0 Å². The van der Waals surface area contributed by atoms with Crippen LogP contribution in [0.3, 0.4) is 0 Å². The summed E-state index contributed by atoms with van der Waals surface area (Å²) in [5.74, 6) is 0.0234. The maximum atomic E-state index is 10.6. The van der Waals surface area contributed by atoms with Crippen LogP contribution in [0.15, 0.2) is 24.3 Å². The van der Waals surface area contributed by atoms with Crippen molar-refractivity contribution < 1.29 is 8.42 Å². The second kappa shape index (κ2) is 4.77. The summed E-state index contributed by atoms with van der Waals surface area (Å²) in [6.07, 6.45) is 1.24. The fraction of sp³-hybridized carbons (Fsp3) is 0.333. The van der Waals surface area contributed by atoms with Crippen LogP contribution in [0.5, 0.6) is 0 Å². The summed E-state index contributed by atoms with van der Waals surface area (Å²) in [5.41, 5.74) is 1.07. The Morgan fingerprint density at radius 2 is 1.79 bits per heavy atom. The Bertz CT molecular complexity index is 386. The van der Waals surface area contributed by atoms with E-state index in [-0.39, 0.29) is 5.75 Å². The molecular formula is C9H12ClNO2S. The molecule has 1 aromatic carbocycles. The highest BCUT2D eigenvalue weighted by atomic mass is 35.5. The number of rotatable bonds is 4. The highest BCUT2D eigenvalue weighted by Crippen LogP contribution is 2.10. The Hall–Kier alpha value is -0.580. The van der Waals surface area contributed by atoms with Crippen LogP contribution in [-0.4, -0.2) is 14.2 Å². The van der Waals surface area contributed by atoms with Crippen LogP contribution in [0.25, 0.3) is 0 Å².